The van der Waals surface area contributed by atoms with Crippen LogP contribution in [-0.2, 0) is 0 Å². The maximum atomic E-state index is 3.61. The molecule has 0 amide bonds. The van der Waals surface area contributed by atoms with E-state index in [2.05, 4.69) is 26.2 Å². The van der Waals surface area contributed by atoms with Gasteiger partial charge in [0, 0.05) is 6.04 Å². The molecule has 1 rings (SSSR count). The largest absolute Gasteiger partial charge is 0.317 e. The van der Waals surface area contributed by atoms with E-state index in [9.17, 15) is 0 Å². The lowest BCUT2D eigenvalue weighted by atomic mass is 9.78. The molecule has 1 aliphatic rings. The van der Waals surface area contributed by atoms with Crippen molar-refractivity contribution < 1.29 is 0 Å². The zero-order valence-corrected chi connectivity index (χ0v) is 14.4. The van der Waals surface area contributed by atoms with Gasteiger partial charge in [-0.3, -0.25) is 0 Å². The van der Waals surface area contributed by atoms with Crippen LogP contribution in [0.4, 0.5) is 0 Å². The van der Waals surface area contributed by atoms with Crippen LogP contribution in [0.15, 0.2) is 0 Å². The summed E-state index contributed by atoms with van der Waals surface area (Å²) in [7, 11) is 2.17. The molecule has 0 aliphatic heterocycles. The molecule has 1 nitrogen and oxygen atoms in total. The fraction of sp³-hybridized carbons (Fsp3) is 1.00. The monoisotopic (exact) mass is 281 g/mol. The molecule has 1 saturated carbocycles. The summed E-state index contributed by atoms with van der Waals surface area (Å²) < 4.78 is 0. The van der Waals surface area contributed by atoms with E-state index in [0.717, 1.165) is 17.9 Å². The van der Waals surface area contributed by atoms with Crippen molar-refractivity contribution in [3.8, 4) is 0 Å². The maximum Gasteiger partial charge on any atom is 0.00923 e. The van der Waals surface area contributed by atoms with Gasteiger partial charge < -0.3 is 5.32 Å². The average Bonchev–Trinajstić information content (AvgIpc) is 2.47. The fourth-order valence-electron chi connectivity index (χ4n) is 3.80. The highest BCUT2D eigenvalue weighted by molar-refractivity contribution is 4.80. The quantitative estimate of drug-likeness (QED) is 0.463. The second-order valence-corrected chi connectivity index (χ2v) is 7.18. The van der Waals surface area contributed by atoms with Crippen LogP contribution in [-0.4, -0.2) is 13.1 Å². The number of hydrogen-bond acceptors (Lipinski definition) is 1. The Morgan fingerprint density at radius 3 is 1.95 bits per heavy atom. The predicted octanol–water partition coefficient (Wildman–Crippen LogP) is 5.93. The first kappa shape index (κ1) is 18.0. The molecule has 0 aromatic rings. The summed E-state index contributed by atoms with van der Waals surface area (Å²) in [6.45, 7) is 4.72. The van der Waals surface area contributed by atoms with Gasteiger partial charge in [0.25, 0.3) is 0 Å². The lowest BCUT2D eigenvalue weighted by molar-refractivity contribution is 0.226. The Hall–Kier alpha value is -0.0400. The summed E-state index contributed by atoms with van der Waals surface area (Å²) in [5, 5.41) is 3.61. The Labute approximate surface area is 128 Å². The molecule has 1 N–H and O–H groups in total. The zero-order chi connectivity index (χ0) is 14.6. The summed E-state index contributed by atoms with van der Waals surface area (Å²) in [5.74, 6) is 1.94. The lowest BCUT2D eigenvalue weighted by Crippen LogP contribution is -2.35. The van der Waals surface area contributed by atoms with Crippen LogP contribution < -0.4 is 5.32 Å². The third kappa shape index (κ3) is 7.67. The highest BCUT2D eigenvalue weighted by Crippen LogP contribution is 2.31. The highest BCUT2D eigenvalue weighted by Gasteiger charge is 2.24. The normalized spacial score (nSPS) is 24.8. The van der Waals surface area contributed by atoms with E-state index < -0.39 is 0 Å². The lowest BCUT2D eigenvalue weighted by Gasteiger charge is -2.32. The SMILES string of the molecule is CCCCCCCCCCC(NC)C1CCC(C)CC1. The molecule has 120 valence electrons. The molecule has 1 unspecified atom stereocenters. The topological polar surface area (TPSA) is 12.0 Å². The summed E-state index contributed by atoms with van der Waals surface area (Å²) in [5.41, 5.74) is 0. The fourth-order valence-corrected chi connectivity index (χ4v) is 3.80. The molecule has 0 heterocycles. The van der Waals surface area contributed by atoms with Crippen molar-refractivity contribution in [2.24, 2.45) is 11.8 Å². The summed E-state index contributed by atoms with van der Waals surface area (Å²) in [6.07, 6.45) is 18.8. The zero-order valence-electron chi connectivity index (χ0n) is 14.4. The molecule has 1 atom stereocenters. The minimum atomic E-state index is 0.794. The first-order valence-corrected chi connectivity index (χ1v) is 9.45. The second kappa shape index (κ2) is 11.6. The van der Waals surface area contributed by atoms with Crippen molar-refractivity contribution in [3.05, 3.63) is 0 Å². The number of unbranched alkanes of at least 4 members (excludes halogenated alkanes) is 7. The predicted molar refractivity (Wildman–Crippen MR) is 91.2 cm³/mol. The van der Waals surface area contributed by atoms with Crippen molar-refractivity contribution in [1.82, 2.24) is 5.32 Å². The first-order chi connectivity index (χ1) is 9.77. The molecule has 0 bridgehead atoms. The van der Waals surface area contributed by atoms with Gasteiger partial charge in [0.2, 0.25) is 0 Å². The van der Waals surface area contributed by atoms with Crippen molar-refractivity contribution in [2.75, 3.05) is 7.05 Å². The Morgan fingerprint density at radius 1 is 0.850 bits per heavy atom. The number of hydrogen-bond donors (Lipinski definition) is 1. The molecule has 0 radical (unpaired) electrons. The molecular weight excluding hydrogens is 242 g/mol. The molecule has 0 saturated heterocycles. The van der Waals surface area contributed by atoms with E-state index >= 15 is 0 Å². The Bertz CT molecular complexity index is 206. The van der Waals surface area contributed by atoms with Crippen LogP contribution in [0, 0.1) is 11.8 Å². The highest BCUT2D eigenvalue weighted by atomic mass is 14.9. The van der Waals surface area contributed by atoms with Crippen molar-refractivity contribution >= 4 is 0 Å². The van der Waals surface area contributed by atoms with Crippen LogP contribution in [0.5, 0.6) is 0 Å². The smallest absolute Gasteiger partial charge is 0.00923 e. The van der Waals surface area contributed by atoms with E-state index in [-0.39, 0.29) is 0 Å². The van der Waals surface area contributed by atoms with Crippen molar-refractivity contribution in [3.63, 3.8) is 0 Å². The van der Waals surface area contributed by atoms with E-state index in [1.165, 1.54) is 83.5 Å². The van der Waals surface area contributed by atoms with Crippen LogP contribution in [0.3, 0.4) is 0 Å². The van der Waals surface area contributed by atoms with Gasteiger partial charge in [0.15, 0.2) is 0 Å². The van der Waals surface area contributed by atoms with Gasteiger partial charge in [-0.05, 0) is 38.1 Å². The molecule has 1 heteroatoms. The minimum Gasteiger partial charge on any atom is -0.317 e. The Balaban J connectivity index is 2.01. The van der Waals surface area contributed by atoms with Crippen molar-refractivity contribution in [1.29, 1.82) is 0 Å². The molecule has 0 aromatic heterocycles. The minimum absolute atomic E-state index is 0.794. The Kier molecular flexibility index (Phi) is 10.4. The average molecular weight is 282 g/mol. The summed E-state index contributed by atoms with van der Waals surface area (Å²) >= 11 is 0. The maximum absolute atomic E-state index is 3.61. The third-order valence-electron chi connectivity index (χ3n) is 5.37. The molecule has 20 heavy (non-hydrogen) atoms. The third-order valence-corrected chi connectivity index (χ3v) is 5.37. The van der Waals surface area contributed by atoms with E-state index in [0.29, 0.717) is 0 Å². The van der Waals surface area contributed by atoms with Gasteiger partial charge in [-0.2, -0.15) is 0 Å². The molecular formula is C19H39N. The first-order valence-electron chi connectivity index (χ1n) is 9.45. The number of rotatable bonds is 11. The Morgan fingerprint density at radius 2 is 1.40 bits per heavy atom. The van der Waals surface area contributed by atoms with E-state index in [4.69, 9.17) is 0 Å². The van der Waals surface area contributed by atoms with Crippen molar-refractivity contribution in [2.45, 2.75) is 103 Å². The van der Waals surface area contributed by atoms with Crippen LogP contribution in [0.1, 0.15) is 97.3 Å². The standard InChI is InChI=1S/C19H39N/c1-4-5-6-7-8-9-10-11-12-19(20-3)18-15-13-17(2)14-16-18/h17-20H,4-16H2,1-3H3. The second-order valence-electron chi connectivity index (χ2n) is 7.18. The van der Waals surface area contributed by atoms with Crippen LogP contribution >= 0.6 is 0 Å². The van der Waals surface area contributed by atoms with Gasteiger partial charge in [0.1, 0.15) is 0 Å². The molecule has 1 aliphatic carbocycles. The van der Waals surface area contributed by atoms with Gasteiger partial charge in [-0.25, -0.2) is 0 Å². The summed E-state index contributed by atoms with van der Waals surface area (Å²) in [6, 6.07) is 0.794. The molecule has 0 aromatic carbocycles. The van der Waals surface area contributed by atoms with Gasteiger partial charge in [-0.1, -0.05) is 78.1 Å². The molecule has 1 fully saturated rings. The number of nitrogens with one attached hydrogen (secondary N) is 1. The van der Waals surface area contributed by atoms with E-state index in [1.54, 1.807) is 0 Å². The summed E-state index contributed by atoms with van der Waals surface area (Å²) in [4.78, 5) is 0. The van der Waals surface area contributed by atoms with Crippen LogP contribution in [0.2, 0.25) is 0 Å². The van der Waals surface area contributed by atoms with E-state index in [1.807, 2.05) is 0 Å². The van der Waals surface area contributed by atoms with Gasteiger partial charge in [-0.15, -0.1) is 0 Å². The van der Waals surface area contributed by atoms with Crippen LogP contribution in [0.25, 0.3) is 0 Å². The van der Waals surface area contributed by atoms with Gasteiger partial charge in [0.05, 0.1) is 0 Å². The van der Waals surface area contributed by atoms with Gasteiger partial charge >= 0.3 is 0 Å². The molecule has 0 spiro atoms.